The standard InChI is InChI=1S/C24H22N4O5/c1-14(29)18-12-22(28-10-2-3-19(28)23(25)30)27-24(26-18)15-4-6-16(7-5-15)33-17-8-9-20-21(11-17)32-13-31-20/h4-9,11-12,19H,2-3,10,13H2,1H3,(H2,25,30)/t19-/m0/s1. The molecule has 1 saturated heterocycles. The molecule has 9 heteroatoms. The van der Waals surface area contributed by atoms with Crippen LogP contribution in [-0.2, 0) is 4.79 Å². The Morgan fingerprint density at radius 1 is 1.03 bits per heavy atom. The summed E-state index contributed by atoms with van der Waals surface area (Å²) in [6, 6.07) is 13.8. The molecule has 3 aromatic rings. The number of ketones is 1. The van der Waals surface area contributed by atoms with Gasteiger partial charge in [-0.15, -0.1) is 0 Å². The lowest BCUT2D eigenvalue weighted by molar-refractivity contribution is -0.119. The van der Waals surface area contributed by atoms with Gasteiger partial charge in [0.2, 0.25) is 12.7 Å². The first-order valence-electron chi connectivity index (χ1n) is 10.6. The smallest absolute Gasteiger partial charge is 0.240 e. The summed E-state index contributed by atoms with van der Waals surface area (Å²) in [6.07, 6.45) is 1.49. The van der Waals surface area contributed by atoms with E-state index < -0.39 is 11.9 Å². The van der Waals surface area contributed by atoms with Crippen molar-refractivity contribution in [1.29, 1.82) is 0 Å². The normalized spacial score (nSPS) is 16.6. The molecule has 1 aromatic heterocycles. The van der Waals surface area contributed by atoms with Crippen LogP contribution in [0.15, 0.2) is 48.5 Å². The van der Waals surface area contributed by atoms with Gasteiger partial charge < -0.3 is 24.8 Å². The summed E-state index contributed by atoms with van der Waals surface area (Å²) >= 11 is 0. The molecule has 1 amide bonds. The lowest BCUT2D eigenvalue weighted by Crippen LogP contribution is -2.40. The van der Waals surface area contributed by atoms with E-state index in [0.717, 1.165) is 6.42 Å². The van der Waals surface area contributed by atoms with Crippen molar-refractivity contribution in [1.82, 2.24) is 9.97 Å². The molecule has 0 saturated carbocycles. The minimum Gasteiger partial charge on any atom is -0.457 e. The van der Waals surface area contributed by atoms with E-state index in [-0.39, 0.29) is 18.3 Å². The summed E-state index contributed by atoms with van der Waals surface area (Å²) in [5.41, 5.74) is 6.56. The van der Waals surface area contributed by atoms with Gasteiger partial charge in [0.1, 0.15) is 29.1 Å². The van der Waals surface area contributed by atoms with Gasteiger partial charge in [-0.25, -0.2) is 9.97 Å². The molecule has 0 spiro atoms. The fourth-order valence-corrected chi connectivity index (χ4v) is 3.98. The highest BCUT2D eigenvalue weighted by Crippen LogP contribution is 2.37. The number of nitrogens with zero attached hydrogens (tertiary/aromatic N) is 3. The predicted octanol–water partition coefficient (Wildman–Crippen LogP) is 3.32. The molecule has 0 aliphatic carbocycles. The highest BCUT2D eigenvalue weighted by Gasteiger charge is 2.31. The van der Waals surface area contributed by atoms with E-state index in [1.54, 1.807) is 36.4 Å². The van der Waals surface area contributed by atoms with Crippen molar-refractivity contribution in [2.45, 2.75) is 25.8 Å². The Balaban J connectivity index is 1.42. The van der Waals surface area contributed by atoms with Crippen molar-refractivity contribution in [3.8, 4) is 34.4 Å². The minimum absolute atomic E-state index is 0.183. The van der Waals surface area contributed by atoms with E-state index in [1.807, 2.05) is 17.0 Å². The zero-order valence-corrected chi connectivity index (χ0v) is 18.0. The number of amides is 1. The zero-order valence-electron chi connectivity index (χ0n) is 18.0. The van der Waals surface area contributed by atoms with Crippen molar-refractivity contribution in [2.75, 3.05) is 18.2 Å². The number of anilines is 1. The van der Waals surface area contributed by atoms with E-state index in [2.05, 4.69) is 9.97 Å². The van der Waals surface area contributed by atoms with Crippen LogP contribution in [0.25, 0.3) is 11.4 Å². The summed E-state index contributed by atoms with van der Waals surface area (Å²) in [6.45, 7) is 2.30. The number of hydrogen-bond acceptors (Lipinski definition) is 8. The lowest BCUT2D eigenvalue weighted by Gasteiger charge is -2.24. The molecule has 9 nitrogen and oxygen atoms in total. The molecule has 0 bridgehead atoms. The second-order valence-electron chi connectivity index (χ2n) is 7.89. The average molecular weight is 446 g/mol. The number of aromatic nitrogens is 2. The molecule has 33 heavy (non-hydrogen) atoms. The monoisotopic (exact) mass is 446 g/mol. The molecular formula is C24H22N4O5. The van der Waals surface area contributed by atoms with Crippen molar-refractivity contribution < 1.29 is 23.8 Å². The number of fused-ring (bicyclic) bond motifs is 1. The third kappa shape index (κ3) is 4.17. The molecule has 2 aromatic carbocycles. The highest BCUT2D eigenvalue weighted by molar-refractivity contribution is 5.93. The number of primary amides is 1. The zero-order chi connectivity index (χ0) is 22.9. The van der Waals surface area contributed by atoms with Crippen LogP contribution < -0.4 is 24.8 Å². The van der Waals surface area contributed by atoms with Gasteiger partial charge in [-0.1, -0.05) is 0 Å². The summed E-state index contributed by atoms with van der Waals surface area (Å²) in [5, 5.41) is 0. The SMILES string of the molecule is CC(=O)c1cc(N2CCC[C@H]2C(N)=O)nc(-c2ccc(Oc3ccc4c(c3)OCO4)cc2)n1. The second kappa shape index (κ2) is 8.42. The topological polar surface area (TPSA) is 117 Å². The third-order valence-electron chi connectivity index (χ3n) is 5.64. The Morgan fingerprint density at radius 2 is 1.79 bits per heavy atom. The molecule has 1 atom stereocenters. The first-order chi connectivity index (χ1) is 16.0. The van der Waals surface area contributed by atoms with Gasteiger partial charge in [0.05, 0.1) is 0 Å². The van der Waals surface area contributed by atoms with Crippen LogP contribution in [0.4, 0.5) is 5.82 Å². The average Bonchev–Trinajstić information content (AvgIpc) is 3.49. The summed E-state index contributed by atoms with van der Waals surface area (Å²) in [7, 11) is 0. The number of Topliss-reactive ketones (excluding diaryl/α,β-unsaturated/α-hetero) is 1. The lowest BCUT2D eigenvalue weighted by atomic mass is 10.1. The van der Waals surface area contributed by atoms with E-state index in [4.69, 9.17) is 19.9 Å². The molecule has 2 N–H and O–H groups in total. The van der Waals surface area contributed by atoms with Crippen LogP contribution in [0.5, 0.6) is 23.0 Å². The number of carbonyl (C=O) groups is 2. The Labute approximate surface area is 190 Å². The van der Waals surface area contributed by atoms with Crippen molar-refractivity contribution in [3.05, 3.63) is 54.2 Å². The molecule has 3 heterocycles. The molecular weight excluding hydrogens is 424 g/mol. The van der Waals surface area contributed by atoms with Gasteiger partial charge in [-0.05, 0) is 49.2 Å². The number of rotatable bonds is 6. The summed E-state index contributed by atoms with van der Waals surface area (Å²) in [5.74, 6) is 2.90. The third-order valence-corrected chi connectivity index (χ3v) is 5.64. The number of ether oxygens (including phenoxy) is 3. The van der Waals surface area contributed by atoms with Crippen molar-refractivity contribution in [2.24, 2.45) is 5.73 Å². The van der Waals surface area contributed by atoms with Crippen LogP contribution in [0.1, 0.15) is 30.3 Å². The molecule has 2 aliphatic heterocycles. The Hall–Kier alpha value is -4.14. The first kappa shape index (κ1) is 20.7. The molecule has 0 radical (unpaired) electrons. The quantitative estimate of drug-likeness (QED) is 0.573. The maximum absolute atomic E-state index is 12.1. The summed E-state index contributed by atoms with van der Waals surface area (Å²) < 4.78 is 16.6. The van der Waals surface area contributed by atoms with E-state index >= 15 is 0 Å². The molecule has 0 unspecified atom stereocenters. The number of nitrogens with two attached hydrogens (primary N) is 1. The number of benzene rings is 2. The van der Waals surface area contributed by atoms with E-state index in [0.29, 0.717) is 53.2 Å². The predicted molar refractivity (Wildman–Crippen MR) is 120 cm³/mol. The molecule has 1 fully saturated rings. The molecule has 2 aliphatic rings. The van der Waals surface area contributed by atoms with Gasteiger partial charge in [-0.2, -0.15) is 0 Å². The molecule has 168 valence electrons. The van der Waals surface area contributed by atoms with Crippen LogP contribution in [-0.4, -0.2) is 41.0 Å². The van der Waals surface area contributed by atoms with Crippen molar-refractivity contribution in [3.63, 3.8) is 0 Å². The van der Waals surface area contributed by atoms with Gasteiger partial charge in [-0.3, -0.25) is 9.59 Å². The Bertz CT molecular complexity index is 1230. The van der Waals surface area contributed by atoms with Gasteiger partial charge in [0.15, 0.2) is 23.1 Å². The maximum atomic E-state index is 12.1. The van der Waals surface area contributed by atoms with Crippen LogP contribution in [0, 0.1) is 0 Å². The Kier molecular flexibility index (Phi) is 5.29. The number of carbonyl (C=O) groups excluding carboxylic acids is 2. The maximum Gasteiger partial charge on any atom is 0.240 e. The van der Waals surface area contributed by atoms with Crippen LogP contribution in [0.2, 0.25) is 0 Å². The van der Waals surface area contributed by atoms with Gasteiger partial charge in [0, 0.05) is 31.2 Å². The van der Waals surface area contributed by atoms with Gasteiger partial charge in [0.25, 0.3) is 0 Å². The van der Waals surface area contributed by atoms with Crippen LogP contribution in [0.3, 0.4) is 0 Å². The van der Waals surface area contributed by atoms with E-state index in [1.165, 1.54) is 6.92 Å². The largest absolute Gasteiger partial charge is 0.457 e. The fraction of sp³-hybridized carbons (Fsp3) is 0.250. The Morgan fingerprint density at radius 3 is 2.55 bits per heavy atom. The highest BCUT2D eigenvalue weighted by atomic mass is 16.7. The van der Waals surface area contributed by atoms with Crippen molar-refractivity contribution >= 4 is 17.5 Å². The minimum atomic E-state index is -0.440. The first-order valence-corrected chi connectivity index (χ1v) is 10.6. The fourth-order valence-electron chi connectivity index (χ4n) is 3.98. The second-order valence-corrected chi connectivity index (χ2v) is 7.89. The summed E-state index contributed by atoms with van der Waals surface area (Å²) in [4.78, 5) is 34.9. The van der Waals surface area contributed by atoms with Gasteiger partial charge >= 0.3 is 0 Å². The molecule has 5 rings (SSSR count). The van der Waals surface area contributed by atoms with Crippen LogP contribution >= 0.6 is 0 Å². The van der Waals surface area contributed by atoms with E-state index in [9.17, 15) is 9.59 Å². The number of hydrogen-bond donors (Lipinski definition) is 1.